The molecule has 1 unspecified atom stereocenters. The van der Waals surface area contributed by atoms with Gasteiger partial charge in [0.25, 0.3) is 5.91 Å². The summed E-state index contributed by atoms with van der Waals surface area (Å²) in [6.45, 7) is -0.856. The third-order valence-electron chi connectivity index (χ3n) is 4.89. The van der Waals surface area contributed by atoms with Crippen LogP contribution in [-0.2, 0) is 17.0 Å². The van der Waals surface area contributed by atoms with E-state index in [0.29, 0.717) is 5.56 Å². The predicted molar refractivity (Wildman–Crippen MR) is 104 cm³/mol. The number of likely N-dealkylation sites (N-methyl/N-ethyl adjacent to an activating group) is 1. The van der Waals surface area contributed by atoms with Gasteiger partial charge in [-0.15, -0.1) is 0 Å². The number of carbonyl (C=O) groups is 1. The van der Waals surface area contributed by atoms with Gasteiger partial charge in [0.15, 0.2) is 23.1 Å². The summed E-state index contributed by atoms with van der Waals surface area (Å²) in [6.07, 6.45) is 1.34. The lowest BCUT2D eigenvalue weighted by atomic mass is 9.81. The molecule has 0 saturated heterocycles. The van der Waals surface area contributed by atoms with Crippen molar-refractivity contribution in [3.8, 4) is 11.1 Å². The Bertz CT molecular complexity index is 1130. The molecule has 2 N–H and O–H groups in total. The number of hydrogen-bond donors (Lipinski definition) is 1. The summed E-state index contributed by atoms with van der Waals surface area (Å²) in [5, 5.41) is 3.40. The maximum absolute atomic E-state index is 14.6. The molecule has 9 heteroatoms. The van der Waals surface area contributed by atoms with E-state index in [0.717, 1.165) is 11.0 Å². The van der Waals surface area contributed by atoms with Gasteiger partial charge in [0.05, 0.1) is 5.69 Å². The molecular weight excluding hydrogens is 401 g/mol. The zero-order valence-corrected chi connectivity index (χ0v) is 16.0. The summed E-state index contributed by atoms with van der Waals surface area (Å²) in [5.41, 5.74) is 5.02. The fourth-order valence-corrected chi connectivity index (χ4v) is 4.04. The van der Waals surface area contributed by atoms with E-state index >= 15 is 0 Å². The minimum Gasteiger partial charge on any atom is -0.369 e. The van der Waals surface area contributed by atoms with Gasteiger partial charge in [0.2, 0.25) is 0 Å². The summed E-state index contributed by atoms with van der Waals surface area (Å²) in [4.78, 5) is 22.6. The second-order valence-electron chi connectivity index (χ2n) is 6.55. The van der Waals surface area contributed by atoms with Crippen molar-refractivity contribution in [2.75, 3.05) is 7.05 Å². The van der Waals surface area contributed by atoms with Gasteiger partial charge in [-0.25, -0.2) is 18.2 Å². The number of nitrogens with two attached hydrogens (primary N) is 1. The van der Waals surface area contributed by atoms with Crippen molar-refractivity contribution < 1.29 is 18.0 Å². The molecular formula is C20H15F3N4OS. The summed E-state index contributed by atoms with van der Waals surface area (Å²) in [6, 6.07) is 6.81. The van der Waals surface area contributed by atoms with Gasteiger partial charge in [0, 0.05) is 18.8 Å². The maximum Gasteiger partial charge on any atom is 0.266 e. The van der Waals surface area contributed by atoms with E-state index in [9.17, 15) is 18.0 Å². The number of carbonyl (C=O) groups excluding carboxylic acids is 1. The Hall–Kier alpha value is -3.20. The van der Waals surface area contributed by atoms with E-state index in [-0.39, 0.29) is 28.3 Å². The van der Waals surface area contributed by atoms with Crippen LogP contribution in [0.3, 0.4) is 0 Å². The van der Waals surface area contributed by atoms with Crippen molar-refractivity contribution in [3.63, 3.8) is 0 Å². The lowest BCUT2D eigenvalue weighted by molar-refractivity contribution is -0.129. The van der Waals surface area contributed by atoms with E-state index in [2.05, 4.69) is 9.98 Å². The Kier molecular flexibility index (Phi) is 4.62. The molecule has 148 valence electrons. The molecule has 1 aliphatic heterocycles. The third kappa shape index (κ3) is 2.89. The molecule has 0 radical (unpaired) electrons. The number of alkyl halides is 1. The number of hydrogen-bond acceptors (Lipinski definition) is 5. The molecule has 0 aliphatic carbocycles. The molecule has 3 aromatic rings. The first kappa shape index (κ1) is 19.1. The zero-order chi connectivity index (χ0) is 20.8. The van der Waals surface area contributed by atoms with Gasteiger partial charge >= 0.3 is 0 Å². The highest BCUT2D eigenvalue weighted by Crippen LogP contribution is 2.42. The zero-order valence-electron chi connectivity index (χ0n) is 15.2. The Morgan fingerprint density at radius 1 is 1.21 bits per heavy atom. The Morgan fingerprint density at radius 2 is 2.00 bits per heavy atom. The Labute approximate surface area is 168 Å². The summed E-state index contributed by atoms with van der Waals surface area (Å²) in [7, 11) is 1.43. The van der Waals surface area contributed by atoms with E-state index in [1.54, 1.807) is 16.8 Å². The number of nitrogens with zero attached hydrogens (tertiary/aromatic N) is 3. The molecule has 3 heterocycles. The Morgan fingerprint density at radius 3 is 2.62 bits per heavy atom. The van der Waals surface area contributed by atoms with Crippen LogP contribution in [0.5, 0.6) is 0 Å². The number of benzene rings is 1. The first-order valence-corrected chi connectivity index (χ1v) is 9.49. The fourth-order valence-electron chi connectivity index (χ4n) is 3.39. The van der Waals surface area contributed by atoms with E-state index < -0.39 is 29.8 Å². The second-order valence-corrected chi connectivity index (χ2v) is 7.33. The van der Waals surface area contributed by atoms with E-state index in [1.807, 2.05) is 0 Å². The van der Waals surface area contributed by atoms with Crippen LogP contribution in [0.2, 0.25) is 0 Å². The summed E-state index contributed by atoms with van der Waals surface area (Å²) in [5.74, 6) is -2.81. The number of guanidine groups is 1. The number of rotatable bonds is 4. The van der Waals surface area contributed by atoms with Gasteiger partial charge in [-0.1, -0.05) is 0 Å². The molecule has 0 bridgehead atoms. The number of halogens is 3. The fraction of sp³-hybridized carbons (Fsp3) is 0.150. The molecule has 0 fully saturated rings. The van der Waals surface area contributed by atoms with Crippen LogP contribution in [0.1, 0.15) is 16.8 Å². The lowest BCUT2D eigenvalue weighted by Crippen LogP contribution is -2.41. The van der Waals surface area contributed by atoms with Crippen molar-refractivity contribution >= 4 is 23.2 Å². The minimum atomic E-state index is -1.77. The van der Waals surface area contributed by atoms with Gasteiger partial charge in [-0.2, -0.15) is 11.3 Å². The minimum absolute atomic E-state index is 0.00322. The molecule has 2 aromatic heterocycles. The molecule has 0 saturated carbocycles. The Balaban J connectivity index is 2.03. The van der Waals surface area contributed by atoms with Crippen molar-refractivity contribution in [2.24, 2.45) is 10.7 Å². The van der Waals surface area contributed by atoms with Gasteiger partial charge in [0.1, 0.15) is 6.67 Å². The SMILES string of the molecule is CN1C(=O)C(c2ccnc(CF)c2)(c2cc(F)c(F)c(-c3ccsc3)c2)N=C1N. The van der Waals surface area contributed by atoms with Crippen LogP contribution in [0.15, 0.2) is 52.3 Å². The molecule has 4 rings (SSSR count). The maximum atomic E-state index is 14.6. The molecule has 1 amide bonds. The van der Waals surface area contributed by atoms with E-state index in [4.69, 9.17) is 5.73 Å². The normalized spacial score (nSPS) is 19.0. The predicted octanol–water partition coefficient (Wildman–Crippen LogP) is 3.59. The number of aromatic nitrogens is 1. The number of pyridine rings is 1. The van der Waals surface area contributed by atoms with Gasteiger partial charge in [-0.05, 0) is 57.8 Å². The average Bonchev–Trinajstić information content (AvgIpc) is 3.34. The van der Waals surface area contributed by atoms with Gasteiger partial charge in [-0.3, -0.25) is 14.7 Å². The average molecular weight is 416 g/mol. The molecule has 1 aliphatic rings. The molecule has 1 atom stereocenters. The number of aliphatic imine (C=N–C) groups is 1. The highest BCUT2D eigenvalue weighted by molar-refractivity contribution is 7.08. The van der Waals surface area contributed by atoms with Crippen LogP contribution >= 0.6 is 11.3 Å². The van der Waals surface area contributed by atoms with Crippen molar-refractivity contribution in [2.45, 2.75) is 12.2 Å². The molecule has 1 aromatic carbocycles. The summed E-state index contributed by atoms with van der Waals surface area (Å²) >= 11 is 1.33. The second kappa shape index (κ2) is 7.00. The topological polar surface area (TPSA) is 71.6 Å². The highest BCUT2D eigenvalue weighted by Gasteiger charge is 2.50. The first-order valence-electron chi connectivity index (χ1n) is 8.55. The van der Waals surface area contributed by atoms with Crippen molar-refractivity contribution in [1.29, 1.82) is 0 Å². The first-order chi connectivity index (χ1) is 13.9. The largest absolute Gasteiger partial charge is 0.369 e. The van der Waals surface area contributed by atoms with Crippen LogP contribution in [0.25, 0.3) is 11.1 Å². The summed E-state index contributed by atoms with van der Waals surface area (Å²) < 4.78 is 42.3. The molecule has 5 nitrogen and oxygen atoms in total. The standard InChI is InChI=1S/C20H15F3N4OS/c1-27-18(28)20(26-19(27)24,12-2-4-25-14(6-12)9-21)13-7-15(11-3-5-29-10-11)17(23)16(22)8-13/h2-8,10H,9H2,1H3,(H2,24,26). The highest BCUT2D eigenvalue weighted by atomic mass is 32.1. The van der Waals surface area contributed by atoms with Gasteiger partial charge < -0.3 is 5.73 Å². The van der Waals surface area contributed by atoms with Crippen LogP contribution in [0, 0.1) is 11.6 Å². The van der Waals surface area contributed by atoms with Crippen molar-refractivity contribution in [1.82, 2.24) is 9.88 Å². The monoisotopic (exact) mass is 416 g/mol. The lowest BCUT2D eigenvalue weighted by Gasteiger charge is -2.27. The molecule has 29 heavy (non-hydrogen) atoms. The van der Waals surface area contributed by atoms with Crippen LogP contribution < -0.4 is 5.73 Å². The third-order valence-corrected chi connectivity index (χ3v) is 5.57. The van der Waals surface area contributed by atoms with Crippen molar-refractivity contribution in [3.05, 3.63) is 75.7 Å². The van der Waals surface area contributed by atoms with Crippen LogP contribution in [0.4, 0.5) is 13.2 Å². The number of amides is 1. The number of thiophene rings is 1. The molecule has 0 spiro atoms. The quantitative estimate of drug-likeness (QED) is 0.707. The van der Waals surface area contributed by atoms with E-state index in [1.165, 1.54) is 42.8 Å². The smallest absolute Gasteiger partial charge is 0.266 e. The van der Waals surface area contributed by atoms with Crippen LogP contribution in [-0.4, -0.2) is 28.8 Å².